The van der Waals surface area contributed by atoms with Gasteiger partial charge in [-0.1, -0.05) is 12.1 Å². The normalized spacial score (nSPS) is 10.0. The molecule has 0 saturated heterocycles. The van der Waals surface area contributed by atoms with Crippen LogP contribution >= 0.6 is 12.4 Å². The molecule has 0 fully saturated rings. The molecule has 2 aromatic rings. The van der Waals surface area contributed by atoms with E-state index in [0.29, 0.717) is 0 Å². The second kappa shape index (κ2) is 6.42. The Labute approximate surface area is 107 Å². The quantitative estimate of drug-likeness (QED) is 0.888. The summed E-state index contributed by atoms with van der Waals surface area (Å²) < 4.78 is 14.7. The molecule has 2 rings (SSSR count). The number of hydrogen-bond donors (Lipinski definition) is 1. The lowest BCUT2D eigenvalue weighted by Crippen LogP contribution is -2.14. The zero-order valence-electron chi connectivity index (χ0n) is 9.69. The predicted molar refractivity (Wildman–Crippen MR) is 69.6 cm³/mol. The van der Waals surface area contributed by atoms with Gasteiger partial charge in [0.05, 0.1) is 0 Å². The maximum Gasteiger partial charge on any atom is 0.123 e. The van der Waals surface area contributed by atoms with Crippen molar-refractivity contribution in [2.24, 2.45) is 7.05 Å². The van der Waals surface area contributed by atoms with Crippen LogP contribution in [0.15, 0.2) is 42.6 Å². The number of nitrogens with zero attached hydrogens (tertiary/aromatic N) is 1. The Kier molecular flexibility index (Phi) is 5.19. The number of halogens is 2. The molecule has 92 valence electrons. The lowest BCUT2D eigenvalue weighted by Gasteiger charge is -2.06. The molecule has 1 aromatic heterocycles. The van der Waals surface area contributed by atoms with Crippen molar-refractivity contribution in [2.45, 2.75) is 13.1 Å². The summed E-state index contributed by atoms with van der Waals surface area (Å²) in [6.45, 7) is 1.58. The van der Waals surface area contributed by atoms with Crippen molar-refractivity contribution >= 4 is 12.4 Å². The van der Waals surface area contributed by atoms with E-state index in [-0.39, 0.29) is 18.2 Å². The zero-order valence-corrected chi connectivity index (χ0v) is 10.5. The largest absolute Gasteiger partial charge is 0.353 e. The van der Waals surface area contributed by atoms with Crippen LogP contribution in [0.5, 0.6) is 0 Å². The van der Waals surface area contributed by atoms with Crippen LogP contribution in [0.25, 0.3) is 0 Å². The van der Waals surface area contributed by atoms with Crippen molar-refractivity contribution in [3.63, 3.8) is 0 Å². The van der Waals surface area contributed by atoms with Crippen molar-refractivity contribution in [2.75, 3.05) is 0 Å². The molecule has 1 heterocycles. The summed E-state index contributed by atoms with van der Waals surface area (Å²) >= 11 is 0. The first kappa shape index (κ1) is 13.7. The maximum absolute atomic E-state index is 12.7. The van der Waals surface area contributed by atoms with E-state index in [9.17, 15) is 4.39 Å². The molecule has 0 spiro atoms. The minimum absolute atomic E-state index is 0. The summed E-state index contributed by atoms with van der Waals surface area (Å²) in [5.74, 6) is -0.189. The summed E-state index contributed by atoms with van der Waals surface area (Å²) in [4.78, 5) is 0. The van der Waals surface area contributed by atoms with Crippen molar-refractivity contribution in [1.82, 2.24) is 9.88 Å². The van der Waals surface area contributed by atoms with Gasteiger partial charge in [-0.3, -0.25) is 0 Å². The fraction of sp³-hybridized carbons (Fsp3) is 0.231. The van der Waals surface area contributed by atoms with Crippen molar-refractivity contribution < 1.29 is 4.39 Å². The van der Waals surface area contributed by atoms with Crippen LogP contribution < -0.4 is 5.32 Å². The smallest absolute Gasteiger partial charge is 0.123 e. The molecule has 0 bridgehead atoms. The van der Waals surface area contributed by atoms with Gasteiger partial charge < -0.3 is 9.88 Å². The van der Waals surface area contributed by atoms with E-state index in [4.69, 9.17) is 0 Å². The highest BCUT2D eigenvalue weighted by Gasteiger charge is 1.97. The summed E-state index contributed by atoms with van der Waals surface area (Å²) in [5, 5.41) is 3.32. The van der Waals surface area contributed by atoms with E-state index in [1.165, 1.54) is 17.8 Å². The number of nitrogens with one attached hydrogen (secondary N) is 1. The first-order chi connectivity index (χ1) is 7.75. The van der Waals surface area contributed by atoms with E-state index < -0.39 is 0 Å². The molecule has 0 atom stereocenters. The monoisotopic (exact) mass is 254 g/mol. The Balaban J connectivity index is 0.00000144. The van der Waals surface area contributed by atoms with Crippen LogP contribution in [0.1, 0.15) is 11.3 Å². The van der Waals surface area contributed by atoms with Crippen LogP contribution in [-0.2, 0) is 20.1 Å². The number of aromatic nitrogens is 1. The van der Waals surface area contributed by atoms with Crippen molar-refractivity contribution in [3.05, 3.63) is 59.7 Å². The first-order valence-electron chi connectivity index (χ1n) is 5.31. The van der Waals surface area contributed by atoms with Crippen LogP contribution in [0.4, 0.5) is 4.39 Å². The van der Waals surface area contributed by atoms with Gasteiger partial charge in [0.15, 0.2) is 0 Å². The lowest BCUT2D eigenvalue weighted by molar-refractivity contribution is 0.623. The summed E-state index contributed by atoms with van der Waals surface area (Å²) in [6, 6.07) is 10.7. The van der Waals surface area contributed by atoms with E-state index in [0.717, 1.165) is 18.7 Å². The van der Waals surface area contributed by atoms with E-state index in [2.05, 4.69) is 16.0 Å². The molecular formula is C13H16ClFN2. The predicted octanol–water partition coefficient (Wildman–Crippen LogP) is 2.88. The average molecular weight is 255 g/mol. The van der Waals surface area contributed by atoms with Crippen LogP contribution in [0.2, 0.25) is 0 Å². The van der Waals surface area contributed by atoms with Crippen LogP contribution in [0.3, 0.4) is 0 Å². The minimum Gasteiger partial charge on any atom is -0.353 e. The fourth-order valence-corrected chi connectivity index (χ4v) is 1.62. The molecule has 2 nitrogen and oxygen atoms in total. The molecule has 0 aliphatic rings. The molecule has 0 unspecified atom stereocenters. The topological polar surface area (TPSA) is 17.0 Å². The maximum atomic E-state index is 12.7. The van der Waals surface area contributed by atoms with Gasteiger partial charge in [-0.15, -0.1) is 12.4 Å². The highest BCUT2D eigenvalue weighted by molar-refractivity contribution is 5.85. The van der Waals surface area contributed by atoms with Gasteiger partial charge in [0.2, 0.25) is 0 Å². The number of rotatable bonds is 4. The van der Waals surface area contributed by atoms with Gasteiger partial charge in [0.1, 0.15) is 5.82 Å². The Morgan fingerprint density at radius 1 is 1.12 bits per heavy atom. The van der Waals surface area contributed by atoms with Gasteiger partial charge in [0, 0.05) is 32.0 Å². The van der Waals surface area contributed by atoms with E-state index >= 15 is 0 Å². The van der Waals surface area contributed by atoms with Crippen molar-refractivity contribution in [1.29, 1.82) is 0 Å². The van der Waals surface area contributed by atoms with E-state index in [1.807, 2.05) is 19.3 Å². The van der Waals surface area contributed by atoms with Crippen molar-refractivity contribution in [3.8, 4) is 0 Å². The van der Waals surface area contributed by atoms with Crippen LogP contribution in [0, 0.1) is 5.82 Å². The molecule has 1 aromatic carbocycles. The highest BCUT2D eigenvalue weighted by atomic mass is 35.5. The Hall–Kier alpha value is -1.32. The second-order valence-corrected chi connectivity index (χ2v) is 3.84. The SMILES string of the molecule is Cl.Cn1cccc1CNCc1ccc(F)cc1. The average Bonchev–Trinajstić information content (AvgIpc) is 2.68. The molecule has 1 N–H and O–H groups in total. The van der Waals surface area contributed by atoms with Gasteiger partial charge in [-0.2, -0.15) is 0 Å². The van der Waals surface area contributed by atoms with Gasteiger partial charge >= 0.3 is 0 Å². The molecular weight excluding hydrogens is 239 g/mol. The second-order valence-electron chi connectivity index (χ2n) is 3.84. The zero-order chi connectivity index (χ0) is 11.4. The first-order valence-corrected chi connectivity index (χ1v) is 5.31. The Morgan fingerprint density at radius 2 is 1.82 bits per heavy atom. The third-order valence-electron chi connectivity index (χ3n) is 2.60. The molecule has 0 aliphatic heterocycles. The number of aryl methyl sites for hydroxylation is 1. The highest BCUT2D eigenvalue weighted by Crippen LogP contribution is 2.03. The minimum atomic E-state index is -0.189. The number of hydrogen-bond acceptors (Lipinski definition) is 1. The van der Waals surface area contributed by atoms with Crippen LogP contribution in [-0.4, -0.2) is 4.57 Å². The molecule has 0 amide bonds. The molecule has 0 aliphatic carbocycles. The fourth-order valence-electron chi connectivity index (χ4n) is 1.62. The third-order valence-corrected chi connectivity index (χ3v) is 2.60. The van der Waals surface area contributed by atoms with Gasteiger partial charge in [-0.25, -0.2) is 4.39 Å². The van der Waals surface area contributed by atoms with Gasteiger partial charge in [-0.05, 0) is 29.8 Å². The summed E-state index contributed by atoms with van der Waals surface area (Å²) in [6.07, 6.45) is 2.02. The third kappa shape index (κ3) is 3.88. The molecule has 0 radical (unpaired) electrons. The molecule has 17 heavy (non-hydrogen) atoms. The molecule has 4 heteroatoms. The summed E-state index contributed by atoms with van der Waals surface area (Å²) in [5.41, 5.74) is 2.33. The lowest BCUT2D eigenvalue weighted by atomic mass is 10.2. The standard InChI is InChI=1S/C13H15FN2.ClH/c1-16-8-2-3-13(16)10-15-9-11-4-6-12(14)7-5-11;/h2-8,15H,9-10H2,1H3;1H. The Morgan fingerprint density at radius 3 is 2.41 bits per heavy atom. The molecule has 0 saturated carbocycles. The number of benzene rings is 1. The Bertz CT molecular complexity index is 451. The van der Waals surface area contributed by atoms with Gasteiger partial charge in [0.25, 0.3) is 0 Å². The summed E-state index contributed by atoms with van der Waals surface area (Å²) in [7, 11) is 2.02. The van der Waals surface area contributed by atoms with E-state index in [1.54, 1.807) is 12.1 Å².